The van der Waals surface area contributed by atoms with E-state index in [9.17, 15) is 0 Å². The number of benzene rings is 7. The third kappa shape index (κ3) is 4.47. The van der Waals surface area contributed by atoms with Gasteiger partial charge in [-0.15, -0.1) is 0 Å². The van der Waals surface area contributed by atoms with Gasteiger partial charge in [-0.3, -0.25) is 0 Å². The Kier molecular flexibility index (Phi) is 5.85. The molecular formula is C41H27N3O. The monoisotopic (exact) mass is 577 g/mol. The summed E-state index contributed by atoms with van der Waals surface area (Å²) in [5, 5.41) is 10.6. The van der Waals surface area contributed by atoms with Crippen LogP contribution in [0.1, 0.15) is 22.9 Å². The van der Waals surface area contributed by atoms with Crippen LogP contribution in [0.5, 0.6) is 0 Å². The topological polar surface area (TPSA) is 49.9 Å². The first kappa shape index (κ1) is 25.5. The molecule has 1 aromatic heterocycles. The number of hydrogen-bond acceptors (Lipinski definition) is 4. The van der Waals surface area contributed by atoms with Gasteiger partial charge in [-0.25, -0.2) is 9.98 Å². The summed E-state index contributed by atoms with van der Waals surface area (Å²) >= 11 is 0. The first-order chi connectivity index (χ1) is 22.3. The molecule has 0 aliphatic carbocycles. The Morgan fingerprint density at radius 1 is 0.489 bits per heavy atom. The van der Waals surface area contributed by atoms with Crippen molar-refractivity contribution >= 4 is 55.2 Å². The predicted octanol–water partition coefficient (Wildman–Crippen LogP) is 10.1. The van der Waals surface area contributed by atoms with Crippen LogP contribution in [0.4, 0.5) is 0 Å². The van der Waals surface area contributed by atoms with Crippen LogP contribution in [0.3, 0.4) is 0 Å². The van der Waals surface area contributed by atoms with Gasteiger partial charge in [0.25, 0.3) is 0 Å². The number of nitrogens with zero attached hydrogens (tertiary/aromatic N) is 2. The maximum absolute atomic E-state index is 6.22. The van der Waals surface area contributed by atoms with Crippen LogP contribution in [-0.4, -0.2) is 11.7 Å². The van der Waals surface area contributed by atoms with Crippen molar-refractivity contribution in [3.63, 3.8) is 0 Å². The Balaban J connectivity index is 1.18. The van der Waals surface area contributed by atoms with Gasteiger partial charge in [-0.1, -0.05) is 121 Å². The molecule has 4 heteroatoms. The van der Waals surface area contributed by atoms with Crippen molar-refractivity contribution < 1.29 is 4.42 Å². The van der Waals surface area contributed by atoms with Gasteiger partial charge in [0.1, 0.15) is 23.2 Å². The number of fused-ring (bicyclic) bond motifs is 5. The van der Waals surface area contributed by atoms with Gasteiger partial charge in [0.15, 0.2) is 5.84 Å². The minimum atomic E-state index is -0.350. The van der Waals surface area contributed by atoms with Crippen molar-refractivity contribution in [3.05, 3.63) is 168 Å². The highest BCUT2D eigenvalue weighted by molar-refractivity contribution is 6.15. The van der Waals surface area contributed by atoms with E-state index in [1.807, 2.05) is 42.5 Å². The fourth-order valence-electron chi connectivity index (χ4n) is 6.45. The second kappa shape index (κ2) is 10.3. The van der Waals surface area contributed by atoms with Crippen molar-refractivity contribution in [1.82, 2.24) is 5.32 Å². The molecule has 9 rings (SSSR count). The van der Waals surface area contributed by atoms with E-state index in [0.29, 0.717) is 5.84 Å². The molecule has 4 nitrogen and oxygen atoms in total. The average molecular weight is 578 g/mol. The van der Waals surface area contributed by atoms with Crippen LogP contribution >= 0.6 is 0 Å². The molecule has 0 bridgehead atoms. The van der Waals surface area contributed by atoms with Crippen molar-refractivity contribution in [3.8, 4) is 11.1 Å². The number of furan rings is 1. The summed E-state index contributed by atoms with van der Waals surface area (Å²) in [4.78, 5) is 10.3. The fraction of sp³-hybridized carbons (Fsp3) is 0.0244. The van der Waals surface area contributed by atoms with Crippen LogP contribution < -0.4 is 5.32 Å². The summed E-state index contributed by atoms with van der Waals surface area (Å²) < 4.78 is 6.22. The zero-order valence-electron chi connectivity index (χ0n) is 24.3. The molecule has 8 aromatic rings. The molecular weight excluding hydrogens is 550 g/mol. The summed E-state index contributed by atoms with van der Waals surface area (Å²) in [6.45, 7) is 0. The number of nitrogens with one attached hydrogen (secondary N) is 1. The SMILES string of the molecule is c1ccc(C2=NC(c3ccc4ccc(-c5ccc6ccccc6c5)cc4c3)=NC(c3cccc4oc5ccccc5c34)N2)cc1. The van der Waals surface area contributed by atoms with Gasteiger partial charge in [0.05, 0.1) is 0 Å². The third-order valence-electron chi connectivity index (χ3n) is 8.70. The van der Waals surface area contributed by atoms with Gasteiger partial charge in [-0.2, -0.15) is 0 Å². The van der Waals surface area contributed by atoms with E-state index in [1.54, 1.807) is 0 Å². The number of amidine groups is 2. The Labute approximate surface area is 260 Å². The lowest BCUT2D eigenvalue weighted by molar-refractivity contribution is 0.662. The van der Waals surface area contributed by atoms with E-state index < -0.39 is 0 Å². The zero-order valence-corrected chi connectivity index (χ0v) is 24.3. The standard InChI is InChI=1S/C41H27N3O/c1-2-10-28(11-3-1)39-42-40(44-41(43-39)35-14-8-16-37-38(35)34-13-6-7-15-36(34)45-37)32-22-19-27-18-21-31(24-33(27)25-32)30-20-17-26-9-4-5-12-29(26)23-30/h1-25,41H,(H,42,43,44). The molecule has 0 saturated heterocycles. The molecule has 212 valence electrons. The summed E-state index contributed by atoms with van der Waals surface area (Å²) in [7, 11) is 0. The number of aliphatic imine (C=N–C) groups is 2. The quantitative estimate of drug-likeness (QED) is 0.226. The fourth-order valence-corrected chi connectivity index (χ4v) is 6.45. The second-order valence-corrected chi connectivity index (χ2v) is 11.5. The summed E-state index contributed by atoms with van der Waals surface area (Å²) in [6, 6.07) is 52.9. The molecule has 1 unspecified atom stereocenters. The van der Waals surface area contributed by atoms with Gasteiger partial charge in [0.2, 0.25) is 0 Å². The lowest BCUT2D eigenvalue weighted by Gasteiger charge is -2.24. The minimum absolute atomic E-state index is 0.350. The summed E-state index contributed by atoms with van der Waals surface area (Å²) in [5.74, 6) is 1.49. The van der Waals surface area contributed by atoms with Crippen molar-refractivity contribution in [2.45, 2.75) is 6.17 Å². The van der Waals surface area contributed by atoms with E-state index >= 15 is 0 Å². The smallest absolute Gasteiger partial charge is 0.159 e. The van der Waals surface area contributed by atoms with Gasteiger partial charge < -0.3 is 9.73 Å². The third-order valence-corrected chi connectivity index (χ3v) is 8.70. The average Bonchev–Trinajstić information content (AvgIpc) is 3.50. The second-order valence-electron chi connectivity index (χ2n) is 11.5. The van der Waals surface area contributed by atoms with Crippen LogP contribution in [0, 0.1) is 0 Å². The molecule has 0 radical (unpaired) electrons. The maximum Gasteiger partial charge on any atom is 0.159 e. The highest BCUT2D eigenvalue weighted by Gasteiger charge is 2.24. The van der Waals surface area contributed by atoms with Crippen LogP contribution in [0.2, 0.25) is 0 Å². The molecule has 45 heavy (non-hydrogen) atoms. The molecule has 0 amide bonds. The summed E-state index contributed by atoms with van der Waals surface area (Å²) in [5.41, 5.74) is 7.14. The number of para-hydroxylation sites is 1. The van der Waals surface area contributed by atoms with E-state index in [-0.39, 0.29) is 6.17 Å². The van der Waals surface area contributed by atoms with Gasteiger partial charge in [0, 0.05) is 27.5 Å². The highest BCUT2D eigenvalue weighted by Crippen LogP contribution is 2.36. The molecule has 0 fully saturated rings. The van der Waals surface area contributed by atoms with Gasteiger partial charge in [-0.05, 0) is 63.0 Å². The molecule has 0 saturated carbocycles. The van der Waals surface area contributed by atoms with Crippen LogP contribution in [0.25, 0.3) is 54.6 Å². The first-order valence-electron chi connectivity index (χ1n) is 15.2. The molecule has 1 N–H and O–H groups in total. The van der Waals surface area contributed by atoms with E-state index in [0.717, 1.165) is 49.9 Å². The maximum atomic E-state index is 6.22. The van der Waals surface area contributed by atoms with Crippen LogP contribution in [0.15, 0.2) is 166 Å². The van der Waals surface area contributed by atoms with Gasteiger partial charge >= 0.3 is 0 Å². The number of rotatable bonds is 4. The molecule has 1 atom stereocenters. The Hall–Kier alpha value is -6.00. The predicted molar refractivity (Wildman–Crippen MR) is 186 cm³/mol. The Morgan fingerprint density at radius 2 is 1.13 bits per heavy atom. The lowest BCUT2D eigenvalue weighted by Crippen LogP contribution is -2.33. The molecule has 1 aliphatic rings. The number of hydrogen-bond donors (Lipinski definition) is 1. The van der Waals surface area contributed by atoms with E-state index in [1.165, 1.54) is 27.3 Å². The lowest BCUT2D eigenvalue weighted by atomic mass is 9.97. The molecule has 0 spiro atoms. The normalized spacial score (nSPS) is 14.9. The van der Waals surface area contributed by atoms with Crippen LogP contribution in [-0.2, 0) is 0 Å². The minimum Gasteiger partial charge on any atom is -0.456 e. The molecule has 2 heterocycles. The summed E-state index contributed by atoms with van der Waals surface area (Å²) in [6.07, 6.45) is -0.350. The van der Waals surface area contributed by atoms with E-state index in [2.05, 4.69) is 115 Å². The zero-order chi connectivity index (χ0) is 29.7. The Bertz CT molecular complexity index is 2470. The first-order valence-corrected chi connectivity index (χ1v) is 15.2. The van der Waals surface area contributed by atoms with Crippen molar-refractivity contribution in [2.75, 3.05) is 0 Å². The largest absolute Gasteiger partial charge is 0.456 e. The van der Waals surface area contributed by atoms with Crippen molar-refractivity contribution in [1.29, 1.82) is 0 Å². The van der Waals surface area contributed by atoms with Crippen molar-refractivity contribution in [2.24, 2.45) is 9.98 Å². The molecule has 1 aliphatic heterocycles. The Morgan fingerprint density at radius 3 is 1.98 bits per heavy atom. The highest BCUT2D eigenvalue weighted by atomic mass is 16.3. The molecule has 7 aromatic carbocycles. The van der Waals surface area contributed by atoms with E-state index in [4.69, 9.17) is 14.4 Å².